The van der Waals surface area contributed by atoms with Crippen molar-refractivity contribution in [1.29, 1.82) is 0 Å². The molecule has 1 amide bonds. The summed E-state index contributed by atoms with van der Waals surface area (Å²) >= 11 is 0. The van der Waals surface area contributed by atoms with Crippen LogP contribution in [0.4, 0.5) is 5.69 Å². The van der Waals surface area contributed by atoms with E-state index < -0.39 is 5.41 Å². The molecule has 2 aliphatic rings. The summed E-state index contributed by atoms with van der Waals surface area (Å²) in [6.45, 7) is 0.228. The van der Waals surface area contributed by atoms with Gasteiger partial charge in [0.25, 0.3) is 0 Å². The molecule has 0 spiro atoms. The van der Waals surface area contributed by atoms with Gasteiger partial charge in [0.05, 0.1) is 12.5 Å². The minimum absolute atomic E-state index is 0.000504. The summed E-state index contributed by atoms with van der Waals surface area (Å²) in [6, 6.07) is 21.5. The van der Waals surface area contributed by atoms with Gasteiger partial charge in [-0.2, -0.15) is 0 Å². The van der Waals surface area contributed by atoms with Gasteiger partial charge in [-0.15, -0.1) is 0 Å². The lowest BCUT2D eigenvalue weighted by Gasteiger charge is -2.17. The van der Waals surface area contributed by atoms with E-state index in [0.29, 0.717) is 5.75 Å². The first-order chi connectivity index (χ1) is 14.2. The maximum absolute atomic E-state index is 13.2. The van der Waals surface area contributed by atoms with E-state index in [-0.39, 0.29) is 12.7 Å². The van der Waals surface area contributed by atoms with E-state index in [2.05, 4.69) is 5.32 Å². The van der Waals surface area contributed by atoms with Gasteiger partial charge in [-0.25, -0.2) is 0 Å². The summed E-state index contributed by atoms with van der Waals surface area (Å²) in [7, 11) is 1.65. The smallest absolute Gasteiger partial charge is 0.235 e. The largest absolute Gasteiger partial charge is 0.496 e. The first kappa shape index (κ1) is 17.6. The number of carbonyl (C=O) groups is 1. The second kappa shape index (κ2) is 6.85. The molecule has 1 saturated carbocycles. The van der Waals surface area contributed by atoms with Crippen molar-refractivity contribution in [3.05, 3.63) is 72.3 Å². The number of hydrogen-bond donors (Lipinski definition) is 1. The van der Waals surface area contributed by atoms with Crippen LogP contribution in [0.15, 0.2) is 66.7 Å². The van der Waals surface area contributed by atoms with Crippen LogP contribution >= 0.6 is 0 Å². The van der Waals surface area contributed by atoms with E-state index in [9.17, 15) is 4.79 Å². The molecule has 1 N–H and O–H groups in total. The average molecular weight is 387 g/mol. The Hall–Kier alpha value is -3.47. The third-order valence-corrected chi connectivity index (χ3v) is 5.65. The zero-order chi connectivity index (χ0) is 19.8. The molecule has 5 heteroatoms. The molecule has 0 saturated heterocycles. The second-order valence-corrected chi connectivity index (χ2v) is 7.39. The SMILES string of the molecule is COc1ccc(NC(=O)C2(c3ccc4c(c3)OCO4)CC2)cc1-c1ccccc1. The van der Waals surface area contributed by atoms with Gasteiger partial charge in [-0.3, -0.25) is 4.79 Å². The van der Waals surface area contributed by atoms with Crippen LogP contribution in [0.1, 0.15) is 18.4 Å². The standard InChI is InChI=1S/C24H21NO4/c1-27-20-10-8-18(14-19(20)16-5-3-2-4-6-16)25-23(26)24(11-12-24)17-7-9-21-22(13-17)29-15-28-21/h2-10,13-14H,11-12,15H2,1H3,(H,25,26). The van der Waals surface area contributed by atoms with E-state index in [1.165, 1.54) is 0 Å². The molecule has 1 aliphatic heterocycles. The van der Waals surface area contributed by atoms with Crippen LogP contribution in [0.3, 0.4) is 0 Å². The summed E-state index contributed by atoms with van der Waals surface area (Å²) in [5, 5.41) is 3.11. The van der Waals surface area contributed by atoms with Crippen molar-refractivity contribution in [1.82, 2.24) is 0 Å². The highest BCUT2D eigenvalue weighted by molar-refractivity contribution is 6.02. The van der Waals surface area contributed by atoms with Crippen molar-refractivity contribution < 1.29 is 19.0 Å². The lowest BCUT2D eigenvalue weighted by atomic mass is 9.94. The molecule has 0 unspecified atom stereocenters. The number of ether oxygens (including phenoxy) is 3. The molecule has 1 heterocycles. The predicted molar refractivity (Wildman–Crippen MR) is 111 cm³/mol. The molecule has 29 heavy (non-hydrogen) atoms. The maximum atomic E-state index is 13.2. The Morgan fingerprint density at radius 2 is 1.76 bits per heavy atom. The Morgan fingerprint density at radius 1 is 0.966 bits per heavy atom. The van der Waals surface area contributed by atoms with Crippen LogP contribution in [0.25, 0.3) is 11.1 Å². The molecule has 3 aromatic rings. The third-order valence-electron chi connectivity index (χ3n) is 5.65. The fourth-order valence-electron chi connectivity index (χ4n) is 3.85. The van der Waals surface area contributed by atoms with Crippen LogP contribution in [-0.2, 0) is 10.2 Å². The highest BCUT2D eigenvalue weighted by Gasteiger charge is 2.51. The molecule has 146 valence electrons. The van der Waals surface area contributed by atoms with Gasteiger partial charge in [0.2, 0.25) is 12.7 Å². The Morgan fingerprint density at radius 3 is 2.52 bits per heavy atom. The van der Waals surface area contributed by atoms with Crippen molar-refractivity contribution in [3.8, 4) is 28.4 Å². The zero-order valence-electron chi connectivity index (χ0n) is 16.1. The highest BCUT2D eigenvalue weighted by atomic mass is 16.7. The van der Waals surface area contributed by atoms with E-state index >= 15 is 0 Å². The molecule has 1 aliphatic carbocycles. The highest BCUT2D eigenvalue weighted by Crippen LogP contribution is 2.51. The van der Waals surface area contributed by atoms with Gasteiger partial charge in [0.1, 0.15) is 5.75 Å². The molecule has 0 aromatic heterocycles. The normalized spacial score (nSPS) is 15.6. The molecule has 1 fully saturated rings. The van der Waals surface area contributed by atoms with Crippen molar-refractivity contribution in [2.75, 3.05) is 19.2 Å². The lowest BCUT2D eigenvalue weighted by molar-refractivity contribution is -0.118. The Labute approximate surface area is 169 Å². The Balaban J connectivity index is 1.42. The van der Waals surface area contributed by atoms with E-state index in [1.54, 1.807) is 7.11 Å². The number of anilines is 1. The second-order valence-electron chi connectivity index (χ2n) is 7.39. The minimum Gasteiger partial charge on any atom is -0.496 e. The van der Waals surface area contributed by atoms with Crippen LogP contribution in [0.2, 0.25) is 0 Å². The fourth-order valence-corrected chi connectivity index (χ4v) is 3.85. The number of benzene rings is 3. The fraction of sp³-hybridized carbons (Fsp3) is 0.208. The molecule has 0 atom stereocenters. The summed E-state index contributed by atoms with van der Waals surface area (Å²) in [4.78, 5) is 13.2. The van der Waals surface area contributed by atoms with Gasteiger partial charge in [0, 0.05) is 11.3 Å². The van der Waals surface area contributed by atoms with E-state index in [4.69, 9.17) is 14.2 Å². The summed E-state index contributed by atoms with van der Waals surface area (Å²) in [5.41, 5.74) is 3.20. The molecule has 5 nitrogen and oxygen atoms in total. The van der Waals surface area contributed by atoms with E-state index in [0.717, 1.165) is 46.7 Å². The molecule has 0 radical (unpaired) electrons. The van der Waals surface area contributed by atoms with Crippen molar-refractivity contribution in [3.63, 3.8) is 0 Å². The van der Waals surface area contributed by atoms with Gasteiger partial charge in [-0.05, 0) is 54.3 Å². The maximum Gasteiger partial charge on any atom is 0.235 e. The van der Waals surface area contributed by atoms with Crippen LogP contribution < -0.4 is 19.5 Å². The number of rotatable bonds is 5. The van der Waals surface area contributed by atoms with Crippen LogP contribution in [-0.4, -0.2) is 19.8 Å². The minimum atomic E-state index is -0.506. The first-order valence-electron chi connectivity index (χ1n) is 9.65. The average Bonchev–Trinajstić information content (AvgIpc) is 3.45. The quantitative estimate of drug-likeness (QED) is 0.686. The van der Waals surface area contributed by atoms with Gasteiger partial charge in [-0.1, -0.05) is 36.4 Å². The summed E-state index contributed by atoms with van der Waals surface area (Å²) in [6.07, 6.45) is 1.64. The van der Waals surface area contributed by atoms with Crippen molar-refractivity contribution in [2.24, 2.45) is 0 Å². The number of amides is 1. The molecule has 3 aromatic carbocycles. The number of fused-ring (bicyclic) bond motifs is 1. The van der Waals surface area contributed by atoms with Gasteiger partial charge in [0.15, 0.2) is 11.5 Å². The lowest BCUT2D eigenvalue weighted by Crippen LogP contribution is -2.27. The van der Waals surface area contributed by atoms with Crippen molar-refractivity contribution in [2.45, 2.75) is 18.3 Å². The molecule has 5 rings (SSSR count). The monoisotopic (exact) mass is 387 g/mol. The Bertz CT molecular complexity index is 1070. The van der Waals surface area contributed by atoms with Gasteiger partial charge < -0.3 is 19.5 Å². The Kier molecular flexibility index (Phi) is 4.16. The number of methoxy groups -OCH3 is 1. The molecular weight excluding hydrogens is 366 g/mol. The van der Waals surface area contributed by atoms with Crippen LogP contribution in [0, 0.1) is 0 Å². The molecular formula is C24H21NO4. The number of hydrogen-bond acceptors (Lipinski definition) is 4. The van der Waals surface area contributed by atoms with Crippen LogP contribution in [0.5, 0.6) is 17.2 Å². The number of nitrogens with one attached hydrogen (secondary N) is 1. The molecule has 0 bridgehead atoms. The van der Waals surface area contributed by atoms with Crippen molar-refractivity contribution >= 4 is 11.6 Å². The first-order valence-corrected chi connectivity index (χ1v) is 9.65. The van der Waals surface area contributed by atoms with E-state index in [1.807, 2.05) is 66.7 Å². The number of carbonyl (C=O) groups excluding carboxylic acids is 1. The summed E-state index contributed by atoms with van der Waals surface area (Å²) in [5.74, 6) is 2.21. The summed E-state index contributed by atoms with van der Waals surface area (Å²) < 4.78 is 16.4. The topological polar surface area (TPSA) is 56.8 Å². The zero-order valence-corrected chi connectivity index (χ0v) is 16.1. The third kappa shape index (κ3) is 3.09. The predicted octanol–water partition coefficient (Wildman–Crippen LogP) is 4.76. The van der Waals surface area contributed by atoms with Gasteiger partial charge >= 0.3 is 0 Å².